The summed E-state index contributed by atoms with van der Waals surface area (Å²) in [5.74, 6) is 0. The van der Waals surface area contributed by atoms with Gasteiger partial charge in [-0.1, -0.05) is 65.3 Å². The number of halogens is 1. The van der Waals surface area contributed by atoms with E-state index in [4.69, 9.17) is 0 Å². The van der Waals surface area contributed by atoms with Crippen molar-refractivity contribution in [2.45, 2.75) is 25.5 Å². The van der Waals surface area contributed by atoms with Crippen molar-refractivity contribution in [3.63, 3.8) is 0 Å². The lowest BCUT2D eigenvalue weighted by Crippen LogP contribution is -2.26. The van der Waals surface area contributed by atoms with E-state index in [0.717, 1.165) is 16.5 Å². The zero-order valence-electron chi connectivity index (χ0n) is 11.6. The van der Waals surface area contributed by atoms with Crippen LogP contribution >= 0.6 is 15.9 Å². The molecule has 3 heteroatoms. The molecule has 0 spiro atoms. The van der Waals surface area contributed by atoms with E-state index in [2.05, 4.69) is 40.3 Å². The predicted octanol–water partition coefficient (Wildman–Crippen LogP) is 4.22. The third-order valence-electron chi connectivity index (χ3n) is 3.42. The minimum atomic E-state index is -0.472. The molecular formula is C17H20BrNO. The fourth-order valence-electron chi connectivity index (χ4n) is 2.24. The van der Waals surface area contributed by atoms with Crippen LogP contribution in [0, 0.1) is 0 Å². The molecule has 2 aromatic rings. The van der Waals surface area contributed by atoms with E-state index >= 15 is 0 Å². The summed E-state index contributed by atoms with van der Waals surface area (Å²) in [6.07, 6.45) is 0.518. The summed E-state index contributed by atoms with van der Waals surface area (Å²) >= 11 is 3.45. The highest BCUT2D eigenvalue weighted by Gasteiger charge is 2.12. The van der Waals surface area contributed by atoms with E-state index in [1.54, 1.807) is 0 Å². The molecule has 0 radical (unpaired) electrons. The van der Waals surface area contributed by atoms with Gasteiger partial charge in [0.2, 0.25) is 0 Å². The average Bonchev–Trinajstić information content (AvgIpc) is 2.50. The van der Waals surface area contributed by atoms with Crippen molar-refractivity contribution in [3.8, 4) is 0 Å². The first-order valence-corrected chi connectivity index (χ1v) is 7.72. The SMILES string of the molecule is CCC(NCC(O)c1ccccc1)c1ccc(Br)cc1. The first-order valence-electron chi connectivity index (χ1n) is 6.92. The number of nitrogens with one attached hydrogen (secondary N) is 1. The summed E-state index contributed by atoms with van der Waals surface area (Å²) < 4.78 is 1.08. The van der Waals surface area contributed by atoms with Crippen molar-refractivity contribution in [1.82, 2.24) is 5.32 Å². The van der Waals surface area contributed by atoms with Gasteiger partial charge >= 0.3 is 0 Å². The van der Waals surface area contributed by atoms with E-state index < -0.39 is 6.10 Å². The molecule has 0 bridgehead atoms. The predicted molar refractivity (Wildman–Crippen MR) is 86.6 cm³/mol. The first kappa shape index (κ1) is 15.2. The molecular weight excluding hydrogens is 314 g/mol. The molecule has 2 nitrogen and oxygen atoms in total. The van der Waals surface area contributed by atoms with Crippen molar-refractivity contribution in [3.05, 3.63) is 70.2 Å². The zero-order chi connectivity index (χ0) is 14.4. The van der Waals surface area contributed by atoms with Crippen molar-refractivity contribution < 1.29 is 5.11 Å². The molecule has 0 saturated carbocycles. The number of hydrogen-bond donors (Lipinski definition) is 2. The molecule has 106 valence electrons. The summed E-state index contributed by atoms with van der Waals surface area (Å²) in [6.45, 7) is 2.70. The van der Waals surface area contributed by atoms with Gasteiger partial charge in [-0.05, 0) is 29.7 Å². The van der Waals surface area contributed by atoms with Crippen LogP contribution in [-0.4, -0.2) is 11.7 Å². The quantitative estimate of drug-likeness (QED) is 0.829. The van der Waals surface area contributed by atoms with E-state index in [1.807, 2.05) is 42.5 Å². The maximum atomic E-state index is 10.2. The van der Waals surface area contributed by atoms with Gasteiger partial charge in [-0.15, -0.1) is 0 Å². The molecule has 0 heterocycles. The minimum absolute atomic E-state index is 0.265. The van der Waals surface area contributed by atoms with Gasteiger partial charge in [-0.25, -0.2) is 0 Å². The van der Waals surface area contributed by atoms with Crippen LogP contribution in [0.5, 0.6) is 0 Å². The molecule has 0 aromatic heterocycles. The second kappa shape index (κ2) is 7.58. The number of hydrogen-bond acceptors (Lipinski definition) is 2. The molecule has 0 amide bonds. The summed E-state index contributed by atoms with van der Waals surface area (Å²) in [7, 11) is 0. The monoisotopic (exact) mass is 333 g/mol. The molecule has 20 heavy (non-hydrogen) atoms. The highest BCUT2D eigenvalue weighted by atomic mass is 79.9. The van der Waals surface area contributed by atoms with Gasteiger partial charge in [0.05, 0.1) is 6.10 Å². The molecule has 0 aliphatic carbocycles. The molecule has 0 aliphatic heterocycles. The minimum Gasteiger partial charge on any atom is -0.387 e. The molecule has 2 atom stereocenters. The van der Waals surface area contributed by atoms with Crippen LogP contribution in [0.3, 0.4) is 0 Å². The summed E-state index contributed by atoms with van der Waals surface area (Å²) in [4.78, 5) is 0. The fraction of sp³-hybridized carbons (Fsp3) is 0.294. The Morgan fingerprint density at radius 3 is 2.25 bits per heavy atom. The zero-order valence-corrected chi connectivity index (χ0v) is 13.2. The van der Waals surface area contributed by atoms with E-state index in [9.17, 15) is 5.11 Å². The summed E-state index contributed by atoms with van der Waals surface area (Å²) in [5, 5.41) is 13.6. The Morgan fingerprint density at radius 1 is 1.00 bits per heavy atom. The molecule has 0 saturated heterocycles. The number of aliphatic hydroxyl groups is 1. The maximum Gasteiger partial charge on any atom is 0.0914 e. The Morgan fingerprint density at radius 2 is 1.65 bits per heavy atom. The Bertz CT molecular complexity index is 512. The number of benzene rings is 2. The number of aliphatic hydroxyl groups excluding tert-OH is 1. The summed E-state index contributed by atoms with van der Waals surface area (Å²) in [5.41, 5.74) is 2.20. The van der Waals surface area contributed by atoms with Crippen molar-refractivity contribution in [2.24, 2.45) is 0 Å². The van der Waals surface area contributed by atoms with E-state index in [0.29, 0.717) is 6.54 Å². The van der Waals surface area contributed by atoms with E-state index in [-0.39, 0.29) is 6.04 Å². The maximum absolute atomic E-state index is 10.2. The Hall–Kier alpha value is -1.16. The second-order valence-electron chi connectivity index (χ2n) is 4.85. The van der Waals surface area contributed by atoms with Gasteiger partial charge in [0, 0.05) is 17.1 Å². The Labute approximate surface area is 129 Å². The largest absolute Gasteiger partial charge is 0.387 e. The molecule has 0 fully saturated rings. The fourth-order valence-corrected chi connectivity index (χ4v) is 2.50. The highest BCUT2D eigenvalue weighted by Crippen LogP contribution is 2.20. The van der Waals surface area contributed by atoms with Gasteiger partial charge in [0.1, 0.15) is 0 Å². The third kappa shape index (κ3) is 4.17. The smallest absolute Gasteiger partial charge is 0.0914 e. The van der Waals surface area contributed by atoms with Crippen LogP contribution in [0.2, 0.25) is 0 Å². The second-order valence-corrected chi connectivity index (χ2v) is 5.76. The van der Waals surface area contributed by atoms with Crippen LogP contribution < -0.4 is 5.32 Å². The van der Waals surface area contributed by atoms with Gasteiger partial charge in [0.15, 0.2) is 0 Å². The molecule has 2 aromatic carbocycles. The lowest BCUT2D eigenvalue weighted by Gasteiger charge is -2.20. The van der Waals surface area contributed by atoms with Gasteiger partial charge in [-0.3, -0.25) is 0 Å². The van der Waals surface area contributed by atoms with Gasteiger partial charge in [-0.2, -0.15) is 0 Å². The van der Waals surface area contributed by atoms with Gasteiger partial charge < -0.3 is 10.4 Å². The Balaban J connectivity index is 1.95. The van der Waals surface area contributed by atoms with Crippen LogP contribution in [0.25, 0.3) is 0 Å². The van der Waals surface area contributed by atoms with E-state index in [1.165, 1.54) is 5.56 Å². The Kier molecular flexibility index (Phi) is 5.77. The average molecular weight is 334 g/mol. The molecule has 2 N–H and O–H groups in total. The van der Waals surface area contributed by atoms with Crippen LogP contribution in [-0.2, 0) is 0 Å². The standard InChI is InChI=1S/C17H20BrNO/c1-2-16(13-8-10-15(18)11-9-13)19-12-17(20)14-6-4-3-5-7-14/h3-11,16-17,19-20H,2,12H2,1H3. The van der Waals surface area contributed by atoms with Gasteiger partial charge in [0.25, 0.3) is 0 Å². The van der Waals surface area contributed by atoms with Crippen LogP contribution in [0.1, 0.15) is 36.6 Å². The lowest BCUT2D eigenvalue weighted by atomic mass is 10.0. The van der Waals surface area contributed by atoms with Crippen LogP contribution in [0.15, 0.2) is 59.1 Å². The molecule has 0 aliphatic rings. The number of rotatable bonds is 6. The third-order valence-corrected chi connectivity index (χ3v) is 3.95. The first-order chi connectivity index (χ1) is 9.70. The topological polar surface area (TPSA) is 32.3 Å². The molecule has 2 unspecified atom stereocenters. The van der Waals surface area contributed by atoms with Crippen molar-refractivity contribution in [1.29, 1.82) is 0 Å². The van der Waals surface area contributed by atoms with Crippen molar-refractivity contribution in [2.75, 3.05) is 6.54 Å². The lowest BCUT2D eigenvalue weighted by molar-refractivity contribution is 0.169. The van der Waals surface area contributed by atoms with Crippen molar-refractivity contribution >= 4 is 15.9 Å². The highest BCUT2D eigenvalue weighted by molar-refractivity contribution is 9.10. The molecule has 2 rings (SSSR count). The normalized spacial score (nSPS) is 13.9. The summed E-state index contributed by atoms with van der Waals surface area (Å²) in [6, 6.07) is 18.3. The van der Waals surface area contributed by atoms with Crippen LogP contribution in [0.4, 0.5) is 0 Å².